The van der Waals surface area contributed by atoms with Crippen molar-refractivity contribution in [3.8, 4) is 11.1 Å². The average molecular weight is 658 g/mol. The summed E-state index contributed by atoms with van der Waals surface area (Å²) in [4.78, 5) is 53.5. The maximum atomic E-state index is 14.5. The normalized spacial score (nSPS) is 20.6. The van der Waals surface area contributed by atoms with Gasteiger partial charge in [0.1, 0.15) is 40.0 Å². The molecule has 0 spiro atoms. The van der Waals surface area contributed by atoms with Gasteiger partial charge in [0.2, 0.25) is 11.9 Å². The average Bonchev–Trinajstić information content (AvgIpc) is 3.76. The Morgan fingerprint density at radius 1 is 1.06 bits per heavy atom. The van der Waals surface area contributed by atoms with Crippen LogP contribution in [0, 0.1) is 13.8 Å². The van der Waals surface area contributed by atoms with Crippen LogP contribution in [0.25, 0.3) is 11.1 Å². The first-order valence-electron chi connectivity index (χ1n) is 15.2. The Morgan fingerprint density at radius 3 is 2.38 bits per heavy atom. The van der Waals surface area contributed by atoms with Crippen molar-refractivity contribution in [1.29, 1.82) is 0 Å². The van der Waals surface area contributed by atoms with E-state index in [0.717, 1.165) is 27.8 Å². The first-order chi connectivity index (χ1) is 22.5. The van der Waals surface area contributed by atoms with Gasteiger partial charge in [-0.2, -0.15) is 0 Å². The van der Waals surface area contributed by atoms with E-state index in [4.69, 9.17) is 0 Å². The predicted molar refractivity (Wildman–Crippen MR) is 173 cm³/mol. The number of carboxylic acid groups (broad SMARTS) is 1. The van der Waals surface area contributed by atoms with Crippen molar-refractivity contribution >= 4 is 40.4 Å². The van der Waals surface area contributed by atoms with Gasteiger partial charge in [-0.15, -0.1) is 0 Å². The van der Waals surface area contributed by atoms with E-state index in [9.17, 15) is 28.8 Å². The lowest BCUT2D eigenvalue weighted by atomic mass is 9.91. The molecule has 4 heterocycles. The molecule has 2 amide bonds. The van der Waals surface area contributed by atoms with E-state index in [2.05, 4.69) is 20.3 Å². The van der Waals surface area contributed by atoms with Gasteiger partial charge in [-0.05, 0) is 68.0 Å². The van der Waals surface area contributed by atoms with Crippen LogP contribution in [0.4, 0.5) is 11.6 Å². The van der Waals surface area contributed by atoms with E-state index < -0.39 is 47.1 Å². The van der Waals surface area contributed by atoms with Crippen molar-refractivity contribution in [3.05, 3.63) is 84.1 Å². The molecule has 13 nitrogen and oxygen atoms in total. The van der Waals surface area contributed by atoms with Gasteiger partial charge >= 0.3 is 5.97 Å². The molecule has 1 saturated heterocycles. The van der Waals surface area contributed by atoms with Crippen LogP contribution in [0.5, 0.6) is 0 Å². The third-order valence-corrected chi connectivity index (χ3v) is 10.1. The van der Waals surface area contributed by atoms with Crippen molar-refractivity contribution in [2.45, 2.75) is 62.7 Å². The summed E-state index contributed by atoms with van der Waals surface area (Å²) in [5.41, 5.74) is 3.98. The second kappa shape index (κ2) is 12.8. The standard InChI is InChI=1S/C33H35N7O6S/c1-20-11-21(2)13-25(12-20)39-31(45)33(3,14-22-6-8-23(9-7-22)24-15-34-19-35-16-24)40-28(17-36-32(39)40)47(46)38-10-4-5-27(38)29(42)37-26(18-41)30(43)44/h6-9,11-13,15-17,19,26-27,41H,4-5,10,14,18H2,1-3H3,(H,37,42)(H,43,44)/t26?,27-,33+,47?/m0/s1. The van der Waals surface area contributed by atoms with Crippen molar-refractivity contribution < 1.29 is 28.8 Å². The third-order valence-electron chi connectivity index (χ3n) is 8.62. The molecule has 4 atom stereocenters. The van der Waals surface area contributed by atoms with E-state index in [-0.39, 0.29) is 17.4 Å². The van der Waals surface area contributed by atoms with Crippen LogP contribution in [-0.4, -0.2) is 81.3 Å². The fraction of sp³-hybridized carbons (Fsp3) is 0.333. The molecule has 3 N–H and O–H groups in total. The summed E-state index contributed by atoms with van der Waals surface area (Å²) < 4.78 is 17.6. The van der Waals surface area contributed by atoms with Gasteiger partial charge in [-0.1, -0.05) is 30.3 Å². The molecule has 2 unspecified atom stereocenters. The molecule has 6 rings (SSSR count). The Hall–Kier alpha value is -4.79. The number of anilines is 2. The van der Waals surface area contributed by atoms with E-state index in [0.29, 0.717) is 31.0 Å². The lowest BCUT2D eigenvalue weighted by Gasteiger charge is -2.29. The molecule has 0 saturated carbocycles. The quantitative estimate of drug-likeness (QED) is 0.232. The zero-order valence-corrected chi connectivity index (χ0v) is 27.0. The second-order valence-corrected chi connectivity index (χ2v) is 13.5. The Kier molecular flexibility index (Phi) is 8.74. The molecule has 2 aliphatic rings. The number of fused-ring (bicyclic) bond motifs is 1. The molecule has 47 heavy (non-hydrogen) atoms. The van der Waals surface area contributed by atoms with Crippen molar-refractivity contribution in [3.63, 3.8) is 0 Å². The minimum absolute atomic E-state index is 0.243. The van der Waals surface area contributed by atoms with E-state index in [1.807, 2.05) is 56.3 Å². The summed E-state index contributed by atoms with van der Waals surface area (Å²) in [6, 6.07) is 11.2. The van der Waals surface area contributed by atoms with Crippen molar-refractivity contribution in [2.75, 3.05) is 18.1 Å². The van der Waals surface area contributed by atoms with Crippen LogP contribution in [-0.2, 0) is 37.3 Å². The highest BCUT2D eigenvalue weighted by atomic mass is 32.2. The number of aromatic nitrogens is 4. The van der Waals surface area contributed by atoms with Gasteiger partial charge in [0.05, 0.1) is 18.5 Å². The number of carbonyl (C=O) groups is 3. The smallest absolute Gasteiger partial charge is 0.328 e. The Balaban J connectivity index is 1.38. The van der Waals surface area contributed by atoms with Gasteiger partial charge in [0.15, 0.2) is 0 Å². The van der Waals surface area contributed by atoms with Crippen LogP contribution < -0.4 is 10.2 Å². The summed E-state index contributed by atoms with van der Waals surface area (Å²) in [6.07, 6.45) is 7.54. The number of carboxylic acids is 1. The topological polar surface area (TPSA) is 171 Å². The maximum absolute atomic E-state index is 14.5. The molecule has 0 radical (unpaired) electrons. The SMILES string of the molecule is Cc1cc(C)cc(N2C(=O)[C@@](C)(Cc3ccc(-c4cncnc4)cc3)n3c(S(=O)N4CCC[C@H]4C(=O)NC(CO)C(=O)O)cnc32)c1. The van der Waals surface area contributed by atoms with Gasteiger partial charge in [-0.3, -0.25) is 14.2 Å². The number of hydrogen-bond donors (Lipinski definition) is 3. The number of benzene rings is 2. The third kappa shape index (κ3) is 5.95. The lowest BCUT2D eigenvalue weighted by molar-refractivity contribution is -0.143. The Morgan fingerprint density at radius 2 is 1.74 bits per heavy atom. The molecule has 2 aromatic carbocycles. The molecule has 0 bridgehead atoms. The predicted octanol–water partition coefficient (Wildman–Crippen LogP) is 2.64. The first kappa shape index (κ1) is 32.2. The Labute approximate surface area is 273 Å². The number of aliphatic carboxylic acids is 1. The molecular formula is C33H35N7O6S. The zero-order valence-electron chi connectivity index (χ0n) is 26.2. The molecule has 1 fully saturated rings. The van der Waals surface area contributed by atoms with E-state index in [1.165, 1.54) is 16.8 Å². The highest BCUT2D eigenvalue weighted by molar-refractivity contribution is 7.82. The number of aliphatic hydroxyl groups excluding tert-OH is 1. The molecular weight excluding hydrogens is 622 g/mol. The van der Waals surface area contributed by atoms with Crippen LogP contribution in [0.3, 0.4) is 0 Å². The number of hydrogen-bond acceptors (Lipinski definition) is 8. The summed E-state index contributed by atoms with van der Waals surface area (Å²) in [7, 11) is -1.95. The number of carbonyl (C=O) groups excluding carboxylic acids is 2. The highest BCUT2D eigenvalue weighted by Crippen LogP contribution is 2.44. The highest BCUT2D eigenvalue weighted by Gasteiger charge is 2.52. The van der Waals surface area contributed by atoms with E-state index in [1.54, 1.807) is 28.8 Å². The van der Waals surface area contributed by atoms with Crippen LogP contribution >= 0.6 is 0 Å². The molecule has 2 aromatic heterocycles. The minimum Gasteiger partial charge on any atom is -0.480 e. The number of aliphatic hydroxyl groups is 1. The largest absolute Gasteiger partial charge is 0.480 e. The molecule has 14 heteroatoms. The van der Waals surface area contributed by atoms with Gasteiger partial charge < -0.3 is 15.5 Å². The van der Waals surface area contributed by atoms with Crippen LogP contribution in [0.15, 0.2) is 72.4 Å². The Bertz CT molecular complexity index is 1840. The van der Waals surface area contributed by atoms with Gasteiger partial charge in [-0.25, -0.2) is 33.2 Å². The molecule has 4 aromatic rings. The summed E-state index contributed by atoms with van der Waals surface area (Å²) in [5, 5.41) is 21.3. The second-order valence-electron chi connectivity index (χ2n) is 12.1. The van der Waals surface area contributed by atoms with Crippen molar-refractivity contribution in [2.24, 2.45) is 0 Å². The summed E-state index contributed by atoms with van der Waals surface area (Å²) in [5.74, 6) is -1.94. The molecule has 0 aliphatic carbocycles. The van der Waals surface area contributed by atoms with Crippen LogP contribution in [0.1, 0.15) is 36.5 Å². The number of nitrogens with zero attached hydrogens (tertiary/aromatic N) is 6. The number of imidazole rings is 1. The minimum atomic E-state index is -1.95. The summed E-state index contributed by atoms with van der Waals surface area (Å²) >= 11 is 0. The number of aryl methyl sites for hydroxylation is 2. The van der Waals surface area contributed by atoms with E-state index >= 15 is 0 Å². The monoisotopic (exact) mass is 657 g/mol. The maximum Gasteiger partial charge on any atom is 0.328 e. The number of rotatable bonds is 10. The fourth-order valence-electron chi connectivity index (χ4n) is 6.40. The lowest BCUT2D eigenvalue weighted by Crippen LogP contribution is -2.51. The molecule has 2 aliphatic heterocycles. The van der Waals surface area contributed by atoms with Crippen LogP contribution in [0.2, 0.25) is 0 Å². The fourth-order valence-corrected chi connectivity index (χ4v) is 7.95. The summed E-state index contributed by atoms with van der Waals surface area (Å²) in [6.45, 7) is 5.23. The number of amides is 2. The van der Waals surface area contributed by atoms with Gasteiger partial charge in [0.25, 0.3) is 5.91 Å². The number of nitrogens with one attached hydrogen (secondary N) is 1. The zero-order chi connectivity index (χ0) is 33.5. The van der Waals surface area contributed by atoms with Gasteiger partial charge in [0, 0.05) is 30.9 Å². The first-order valence-corrected chi connectivity index (χ1v) is 16.3. The van der Waals surface area contributed by atoms with Crippen molar-refractivity contribution in [1.82, 2.24) is 29.1 Å². The molecule has 244 valence electrons.